The second kappa shape index (κ2) is 11.3. The Labute approximate surface area is 200 Å². The molecule has 0 saturated heterocycles. The number of esters is 1. The minimum absolute atomic E-state index is 0.0355. The molecule has 0 atom stereocenters. The van der Waals surface area contributed by atoms with Crippen LogP contribution >= 0.6 is 11.3 Å². The second-order valence-electron chi connectivity index (χ2n) is 7.92. The summed E-state index contributed by atoms with van der Waals surface area (Å²) in [7, 11) is 0. The first-order chi connectivity index (χ1) is 16.3. The number of amides is 1. The number of benzene rings is 1. The highest BCUT2D eigenvalue weighted by Crippen LogP contribution is 2.19. The molecule has 9 nitrogen and oxygen atoms in total. The van der Waals surface area contributed by atoms with Crippen molar-refractivity contribution >= 4 is 40.8 Å². The van der Waals surface area contributed by atoms with Gasteiger partial charge >= 0.3 is 11.7 Å². The first kappa shape index (κ1) is 24.7. The summed E-state index contributed by atoms with van der Waals surface area (Å²) in [5, 5.41) is 1.87. The van der Waals surface area contributed by atoms with E-state index in [1.165, 1.54) is 22.0 Å². The zero-order chi connectivity index (χ0) is 24.7. The van der Waals surface area contributed by atoms with Crippen LogP contribution in [-0.4, -0.2) is 34.6 Å². The predicted molar refractivity (Wildman–Crippen MR) is 133 cm³/mol. The average Bonchev–Trinajstić information content (AvgIpc) is 3.32. The molecular formula is C24H26N4O5S. The van der Waals surface area contributed by atoms with E-state index >= 15 is 0 Å². The van der Waals surface area contributed by atoms with E-state index in [9.17, 15) is 19.2 Å². The number of carbonyl (C=O) groups is 2. The fraction of sp³-hybridized carbons (Fsp3) is 0.250. The number of thiophene rings is 1. The van der Waals surface area contributed by atoms with E-state index in [1.54, 1.807) is 6.08 Å². The summed E-state index contributed by atoms with van der Waals surface area (Å²) in [6.45, 7) is 3.39. The van der Waals surface area contributed by atoms with Gasteiger partial charge in [0.1, 0.15) is 5.82 Å². The number of nitrogens with zero attached hydrogens (tertiary/aromatic N) is 2. The Hall–Kier alpha value is -3.92. The zero-order valence-electron chi connectivity index (χ0n) is 18.9. The van der Waals surface area contributed by atoms with Gasteiger partial charge in [-0.15, -0.1) is 11.3 Å². The lowest BCUT2D eigenvalue weighted by Crippen LogP contribution is -2.44. The number of H-pyrrole nitrogens is 1. The summed E-state index contributed by atoms with van der Waals surface area (Å²) >= 11 is 1.45. The summed E-state index contributed by atoms with van der Waals surface area (Å²) in [5.41, 5.74) is 5.41. The third-order valence-corrected chi connectivity index (χ3v) is 5.62. The molecule has 34 heavy (non-hydrogen) atoms. The molecule has 178 valence electrons. The van der Waals surface area contributed by atoms with Crippen LogP contribution in [-0.2, 0) is 20.9 Å². The van der Waals surface area contributed by atoms with Gasteiger partial charge in [0, 0.05) is 17.5 Å². The molecule has 0 saturated carbocycles. The molecule has 0 fully saturated rings. The molecule has 0 unspecified atom stereocenters. The van der Waals surface area contributed by atoms with E-state index in [4.69, 9.17) is 10.5 Å². The molecule has 1 aromatic carbocycles. The lowest BCUT2D eigenvalue weighted by Gasteiger charge is -2.26. The minimum Gasteiger partial charge on any atom is -0.452 e. The Morgan fingerprint density at radius 3 is 2.56 bits per heavy atom. The number of aromatic nitrogens is 2. The van der Waals surface area contributed by atoms with E-state index in [2.05, 4.69) is 4.98 Å². The smallest absolute Gasteiger partial charge is 0.331 e. The number of hydrogen-bond acceptors (Lipinski definition) is 7. The molecule has 0 aliphatic carbocycles. The predicted octanol–water partition coefficient (Wildman–Crippen LogP) is 2.47. The molecule has 0 aliphatic heterocycles. The highest BCUT2D eigenvalue weighted by atomic mass is 32.1. The molecule has 0 bridgehead atoms. The Morgan fingerprint density at radius 1 is 1.18 bits per heavy atom. The third kappa shape index (κ3) is 6.32. The van der Waals surface area contributed by atoms with E-state index in [0.29, 0.717) is 0 Å². The van der Waals surface area contributed by atoms with Crippen LogP contribution in [0.2, 0.25) is 0 Å². The first-order valence-electron chi connectivity index (χ1n) is 10.6. The third-order valence-electron chi connectivity index (χ3n) is 4.78. The fourth-order valence-electron chi connectivity index (χ4n) is 3.24. The van der Waals surface area contributed by atoms with Gasteiger partial charge in [-0.2, -0.15) is 0 Å². The summed E-state index contributed by atoms with van der Waals surface area (Å²) < 4.78 is 6.28. The molecule has 2 aromatic heterocycles. The number of rotatable bonds is 9. The summed E-state index contributed by atoms with van der Waals surface area (Å²) in [6, 6.07) is 12.8. The molecule has 0 aliphatic rings. The number of nitrogen functional groups attached to an aromatic ring is 1. The Bertz CT molecular complexity index is 1280. The van der Waals surface area contributed by atoms with Crippen LogP contribution in [0.15, 0.2) is 63.5 Å². The van der Waals surface area contributed by atoms with Crippen LogP contribution < -0.4 is 21.9 Å². The number of aromatic amines is 1. The van der Waals surface area contributed by atoms with Crippen molar-refractivity contribution in [3.05, 3.63) is 85.2 Å². The molecule has 10 heteroatoms. The molecule has 1 amide bonds. The quantitative estimate of drug-likeness (QED) is 0.356. The van der Waals surface area contributed by atoms with Crippen molar-refractivity contribution in [2.24, 2.45) is 5.92 Å². The van der Waals surface area contributed by atoms with Crippen LogP contribution in [0.3, 0.4) is 0 Å². The van der Waals surface area contributed by atoms with Crippen molar-refractivity contribution in [1.29, 1.82) is 0 Å². The molecule has 3 aromatic rings. The molecule has 0 spiro atoms. The largest absolute Gasteiger partial charge is 0.452 e. The van der Waals surface area contributed by atoms with Crippen LogP contribution in [0.5, 0.6) is 0 Å². The van der Waals surface area contributed by atoms with E-state index in [-0.39, 0.29) is 30.5 Å². The Balaban J connectivity index is 1.85. The van der Waals surface area contributed by atoms with Gasteiger partial charge < -0.3 is 15.4 Å². The normalized spacial score (nSPS) is 11.1. The maximum Gasteiger partial charge on any atom is 0.331 e. The number of hydrogen-bond donors (Lipinski definition) is 2. The van der Waals surface area contributed by atoms with Crippen molar-refractivity contribution in [2.45, 2.75) is 20.4 Å². The first-order valence-corrected chi connectivity index (χ1v) is 11.5. The summed E-state index contributed by atoms with van der Waals surface area (Å²) in [5.74, 6) is -1.50. The van der Waals surface area contributed by atoms with E-state index < -0.39 is 29.7 Å². The van der Waals surface area contributed by atoms with Crippen LogP contribution in [0.4, 0.5) is 11.5 Å². The van der Waals surface area contributed by atoms with Gasteiger partial charge in [-0.05, 0) is 29.0 Å². The van der Waals surface area contributed by atoms with Gasteiger partial charge in [0.2, 0.25) is 0 Å². The van der Waals surface area contributed by atoms with Crippen LogP contribution in [0.1, 0.15) is 24.3 Å². The number of carbonyl (C=O) groups excluding carboxylic acids is 2. The summed E-state index contributed by atoms with van der Waals surface area (Å²) in [4.78, 5) is 54.5. The number of nitrogens with two attached hydrogens (primary N) is 1. The van der Waals surface area contributed by atoms with Gasteiger partial charge in [0.15, 0.2) is 12.3 Å². The summed E-state index contributed by atoms with van der Waals surface area (Å²) in [6.07, 6.45) is 2.82. The molecule has 3 N–H and O–H groups in total. The van der Waals surface area contributed by atoms with Crippen molar-refractivity contribution in [1.82, 2.24) is 9.55 Å². The SMILES string of the molecule is CC(C)CN(C(=O)COC(=O)C=Cc1cccs1)c1c(N)n(Cc2ccccc2)c(=O)[nH]c1=O. The van der Waals surface area contributed by atoms with E-state index in [0.717, 1.165) is 15.3 Å². The van der Waals surface area contributed by atoms with Crippen LogP contribution in [0, 0.1) is 5.92 Å². The maximum absolute atomic E-state index is 13.0. The van der Waals surface area contributed by atoms with Crippen molar-refractivity contribution in [3.63, 3.8) is 0 Å². The molecule has 0 radical (unpaired) electrons. The minimum atomic E-state index is -0.787. The number of ether oxygens (including phenoxy) is 1. The molecule has 3 rings (SSSR count). The van der Waals surface area contributed by atoms with Gasteiger partial charge in [0.25, 0.3) is 11.5 Å². The topological polar surface area (TPSA) is 127 Å². The monoisotopic (exact) mass is 482 g/mol. The van der Waals surface area contributed by atoms with Gasteiger partial charge in [-0.3, -0.25) is 19.1 Å². The molecule has 2 heterocycles. The van der Waals surface area contributed by atoms with Crippen molar-refractivity contribution < 1.29 is 14.3 Å². The Morgan fingerprint density at radius 2 is 1.91 bits per heavy atom. The Kier molecular flexibility index (Phi) is 8.20. The van der Waals surface area contributed by atoms with Crippen LogP contribution in [0.25, 0.3) is 6.08 Å². The lowest BCUT2D eigenvalue weighted by molar-refractivity contribution is -0.142. The second-order valence-corrected chi connectivity index (χ2v) is 8.90. The lowest BCUT2D eigenvalue weighted by atomic mass is 10.2. The van der Waals surface area contributed by atoms with Gasteiger partial charge in [0.05, 0.1) is 6.54 Å². The van der Waals surface area contributed by atoms with Crippen molar-refractivity contribution in [2.75, 3.05) is 23.8 Å². The maximum atomic E-state index is 13.0. The highest BCUT2D eigenvalue weighted by molar-refractivity contribution is 7.10. The van der Waals surface area contributed by atoms with E-state index in [1.807, 2.05) is 61.7 Å². The van der Waals surface area contributed by atoms with Gasteiger partial charge in [-0.1, -0.05) is 50.2 Å². The standard InChI is InChI=1S/C24H26N4O5S/c1-16(2)13-27(19(29)15-33-20(30)11-10-18-9-6-12-34-18)21-22(25)28(24(32)26-23(21)31)14-17-7-4-3-5-8-17/h3-12,16H,13-15,25H2,1-2H3,(H,26,31,32). The number of nitrogens with one attached hydrogen (secondary N) is 1. The fourth-order valence-corrected chi connectivity index (χ4v) is 3.86. The highest BCUT2D eigenvalue weighted by Gasteiger charge is 2.25. The number of anilines is 2. The average molecular weight is 483 g/mol. The molecular weight excluding hydrogens is 456 g/mol. The zero-order valence-corrected chi connectivity index (χ0v) is 19.7. The van der Waals surface area contributed by atoms with Gasteiger partial charge in [-0.25, -0.2) is 9.59 Å². The van der Waals surface area contributed by atoms with Crippen molar-refractivity contribution in [3.8, 4) is 0 Å².